The predicted molar refractivity (Wildman–Crippen MR) is 131 cm³/mol. The van der Waals surface area contributed by atoms with Crippen LogP contribution in [0.1, 0.15) is 12.8 Å². The van der Waals surface area contributed by atoms with E-state index in [-0.39, 0.29) is 24.0 Å². The number of unbranched alkanes of at least 4 members (excludes halogenated alkanes) is 1. The molecule has 1 aliphatic rings. The van der Waals surface area contributed by atoms with Gasteiger partial charge >= 0.3 is 0 Å². The molecule has 1 aliphatic heterocycles. The number of rotatable bonds is 9. The molecule has 0 bridgehead atoms. The molecular formula is C20H31ClIN7O. The number of guanidine groups is 1. The fourth-order valence-corrected chi connectivity index (χ4v) is 3.42. The van der Waals surface area contributed by atoms with Gasteiger partial charge in [-0.1, -0.05) is 11.6 Å². The molecule has 1 N–H and O–H groups in total. The maximum Gasteiger partial charge on any atom is 0.193 e. The number of hydrogen-bond donors (Lipinski definition) is 1. The van der Waals surface area contributed by atoms with E-state index in [1.54, 1.807) is 12.7 Å². The molecule has 2 heterocycles. The Morgan fingerprint density at radius 2 is 1.77 bits per heavy atom. The molecule has 1 fully saturated rings. The zero-order valence-electron chi connectivity index (χ0n) is 17.4. The summed E-state index contributed by atoms with van der Waals surface area (Å²) in [7, 11) is 1.85. The normalized spacial score (nSPS) is 15.0. The third-order valence-corrected chi connectivity index (χ3v) is 5.22. The molecular weight excluding hydrogens is 517 g/mol. The number of halogens is 2. The third kappa shape index (κ3) is 8.27. The summed E-state index contributed by atoms with van der Waals surface area (Å²) < 4.78 is 7.81. The standard InChI is InChI=1S/C20H30ClN7O.HI/c1-22-20(23-8-2-3-9-27-16-24-25-17-27)28-12-10-26(11-13-28)14-15-29-19-6-4-18(21)5-7-19;/h4-7,16-17H,2-3,8-15H2,1H3,(H,22,23);1H. The summed E-state index contributed by atoms with van der Waals surface area (Å²) in [5.41, 5.74) is 0. The summed E-state index contributed by atoms with van der Waals surface area (Å²) >= 11 is 5.90. The van der Waals surface area contributed by atoms with Gasteiger partial charge in [0.25, 0.3) is 0 Å². The highest BCUT2D eigenvalue weighted by atomic mass is 127. The van der Waals surface area contributed by atoms with Crippen LogP contribution in [0, 0.1) is 0 Å². The van der Waals surface area contributed by atoms with Crippen molar-refractivity contribution in [2.45, 2.75) is 19.4 Å². The summed E-state index contributed by atoms with van der Waals surface area (Å²) in [6, 6.07) is 7.51. The molecule has 0 atom stereocenters. The minimum Gasteiger partial charge on any atom is -0.492 e. The largest absolute Gasteiger partial charge is 0.492 e. The van der Waals surface area contributed by atoms with E-state index < -0.39 is 0 Å². The van der Waals surface area contributed by atoms with Crippen LogP contribution < -0.4 is 10.1 Å². The molecule has 0 spiro atoms. The number of nitrogens with one attached hydrogen (secondary N) is 1. The van der Waals surface area contributed by atoms with Gasteiger partial charge in [-0.25, -0.2) is 0 Å². The van der Waals surface area contributed by atoms with Gasteiger partial charge in [-0.15, -0.1) is 34.2 Å². The van der Waals surface area contributed by atoms with Crippen LogP contribution in [-0.2, 0) is 6.54 Å². The van der Waals surface area contributed by atoms with Crippen LogP contribution >= 0.6 is 35.6 Å². The SMILES string of the molecule is CN=C(NCCCCn1cnnc1)N1CCN(CCOc2ccc(Cl)cc2)CC1.I. The lowest BCUT2D eigenvalue weighted by Gasteiger charge is -2.36. The average Bonchev–Trinajstić information content (AvgIpc) is 3.26. The van der Waals surface area contributed by atoms with Crippen LogP contribution in [0.15, 0.2) is 41.9 Å². The summed E-state index contributed by atoms with van der Waals surface area (Å²) in [6.07, 6.45) is 5.68. The number of piperazine rings is 1. The van der Waals surface area contributed by atoms with Gasteiger partial charge in [0.1, 0.15) is 25.0 Å². The highest BCUT2D eigenvalue weighted by Gasteiger charge is 2.19. The van der Waals surface area contributed by atoms with Crippen molar-refractivity contribution in [1.29, 1.82) is 0 Å². The van der Waals surface area contributed by atoms with Crippen molar-refractivity contribution in [3.05, 3.63) is 41.9 Å². The topological polar surface area (TPSA) is 70.8 Å². The number of ether oxygens (including phenoxy) is 1. The Kier molecular flexibility index (Phi) is 11.2. The molecule has 0 unspecified atom stereocenters. The lowest BCUT2D eigenvalue weighted by molar-refractivity contribution is 0.152. The molecule has 3 rings (SSSR count). The van der Waals surface area contributed by atoms with Gasteiger partial charge in [0.05, 0.1) is 0 Å². The molecule has 0 radical (unpaired) electrons. The minimum atomic E-state index is 0. The highest BCUT2D eigenvalue weighted by Crippen LogP contribution is 2.15. The number of nitrogens with zero attached hydrogens (tertiary/aromatic N) is 6. The van der Waals surface area contributed by atoms with Crippen molar-refractivity contribution in [3.63, 3.8) is 0 Å². The van der Waals surface area contributed by atoms with Crippen LogP contribution in [0.4, 0.5) is 0 Å². The maximum absolute atomic E-state index is 5.90. The van der Waals surface area contributed by atoms with Crippen molar-refractivity contribution in [2.24, 2.45) is 4.99 Å². The Balaban J connectivity index is 0.00000320. The fourth-order valence-electron chi connectivity index (χ4n) is 3.30. The summed E-state index contributed by atoms with van der Waals surface area (Å²) in [6.45, 7) is 7.44. The van der Waals surface area contributed by atoms with Gasteiger partial charge in [0.2, 0.25) is 0 Å². The maximum atomic E-state index is 5.90. The summed E-state index contributed by atoms with van der Waals surface area (Å²) in [5.74, 6) is 1.85. The van der Waals surface area contributed by atoms with Crippen molar-refractivity contribution in [1.82, 2.24) is 29.9 Å². The molecule has 8 nitrogen and oxygen atoms in total. The van der Waals surface area contributed by atoms with E-state index in [4.69, 9.17) is 16.3 Å². The van der Waals surface area contributed by atoms with Crippen molar-refractivity contribution in [2.75, 3.05) is 52.9 Å². The molecule has 1 aromatic carbocycles. The van der Waals surface area contributed by atoms with Crippen molar-refractivity contribution >= 4 is 41.5 Å². The Hall–Kier alpha value is -1.59. The quantitative estimate of drug-likeness (QED) is 0.225. The Morgan fingerprint density at radius 3 is 2.43 bits per heavy atom. The van der Waals surface area contributed by atoms with E-state index in [9.17, 15) is 0 Å². The Bertz CT molecular complexity index is 734. The first-order valence-electron chi connectivity index (χ1n) is 10.1. The fraction of sp³-hybridized carbons (Fsp3) is 0.550. The van der Waals surface area contributed by atoms with Gasteiger partial charge in [-0.2, -0.15) is 0 Å². The molecule has 10 heteroatoms. The predicted octanol–water partition coefficient (Wildman–Crippen LogP) is 2.60. The van der Waals surface area contributed by atoms with E-state index >= 15 is 0 Å². The number of aryl methyl sites for hydroxylation is 1. The van der Waals surface area contributed by atoms with E-state index in [0.29, 0.717) is 6.61 Å². The second-order valence-corrected chi connectivity index (χ2v) is 7.45. The zero-order chi connectivity index (χ0) is 20.3. The van der Waals surface area contributed by atoms with Crippen LogP contribution in [0.25, 0.3) is 0 Å². The second-order valence-electron chi connectivity index (χ2n) is 7.01. The first-order valence-corrected chi connectivity index (χ1v) is 10.5. The molecule has 0 saturated carbocycles. The van der Waals surface area contributed by atoms with E-state index in [1.807, 2.05) is 35.9 Å². The molecule has 0 aliphatic carbocycles. The van der Waals surface area contributed by atoms with E-state index in [0.717, 1.165) is 75.4 Å². The van der Waals surface area contributed by atoms with Gasteiger partial charge in [-0.05, 0) is 37.1 Å². The Labute approximate surface area is 200 Å². The van der Waals surface area contributed by atoms with Gasteiger partial charge in [0, 0.05) is 57.9 Å². The number of aromatic nitrogens is 3. The van der Waals surface area contributed by atoms with Crippen molar-refractivity contribution in [3.8, 4) is 5.75 Å². The Morgan fingerprint density at radius 1 is 1.07 bits per heavy atom. The average molecular weight is 548 g/mol. The van der Waals surface area contributed by atoms with Gasteiger partial charge in [0.15, 0.2) is 5.96 Å². The molecule has 1 aromatic heterocycles. The van der Waals surface area contributed by atoms with Crippen LogP contribution in [0.3, 0.4) is 0 Å². The third-order valence-electron chi connectivity index (χ3n) is 4.97. The number of aliphatic imine (C=N–C) groups is 1. The molecule has 166 valence electrons. The molecule has 0 amide bonds. The van der Waals surface area contributed by atoms with E-state index in [1.165, 1.54) is 0 Å². The van der Waals surface area contributed by atoms with Gasteiger partial charge < -0.3 is 19.5 Å². The molecule has 30 heavy (non-hydrogen) atoms. The lowest BCUT2D eigenvalue weighted by Crippen LogP contribution is -2.53. The first-order chi connectivity index (χ1) is 14.2. The second kappa shape index (κ2) is 13.7. The smallest absolute Gasteiger partial charge is 0.193 e. The minimum absolute atomic E-state index is 0. The zero-order valence-corrected chi connectivity index (χ0v) is 20.5. The molecule has 1 saturated heterocycles. The molecule has 2 aromatic rings. The van der Waals surface area contributed by atoms with Crippen molar-refractivity contribution < 1.29 is 4.74 Å². The summed E-state index contributed by atoms with van der Waals surface area (Å²) in [5, 5.41) is 11.9. The first kappa shape index (κ1) is 24.7. The monoisotopic (exact) mass is 547 g/mol. The number of benzene rings is 1. The van der Waals surface area contributed by atoms with Crippen LogP contribution in [0.2, 0.25) is 5.02 Å². The highest BCUT2D eigenvalue weighted by molar-refractivity contribution is 14.0. The lowest BCUT2D eigenvalue weighted by atomic mass is 10.3. The van der Waals surface area contributed by atoms with Gasteiger partial charge in [-0.3, -0.25) is 9.89 Å². The van der Waals surface area contributed by atoms with E-state index in [2.05, 4.69) is 30.3 Å². The van der Waals surface area contributed by atoms with Crippen LogP contribution in [-0.4, -0.2) is 83.4 Å². The van der Waals surface area contributed by atoms with Crippen LogP contribution in [0.5, 0.6) is 5.75 Å². The summed E-state index contributed by atoms with van der Waals surface area (Å²) in [4.78, 5) is 9.20. The number of hydrogen-bond acceptors (Lipinski definition) is 5.